The van der Waals surface area contributed by atoms with Crippen molar-refractivity contribution in [1.29, 1.82) is 0 Å². The fourth-order valence-electron chi connectivity index (χ4n) is 3.04. The summed E-state index contributed by atoms with van der Waals surface area (Å²) in [5.74, 6) is 0.914. The lowest BCUT2D eigenvalue weighted by Crippen LogP contribution is -2.14. The van der Waals surface area contributed by atoms with Gasteiger partial charge in [0.05, 0.1) is 6.04 Å². The summed E-state index contributed by atoms with van der Waals surface area (Å²) in [6.45, 7) is 2.02. The number of aromatic hydroxyl groups is 1. The maximum Gasteiger partial charge on any atom is 0.147 e. The first kappa shape index (κ1) is 16.0. The first-order valence-electron chi connectivity index (χ1n) is 8.38. The predicted molar refractivity (Wildman–Crippen MR) is 102 cm³/mol. The van der Waals surface area contributed by atoms with Crippen LogP contribution in [0.15, 0.2) is 73.3 Å². The van der Waals surface area contributed by atoms with Crippen LogP contribution in [0, 0.1) is 6.92 Å². The topological polar surface area (TPSA) is 70.9 Å². The van der Waals surface area contributed by atoms with Gasteiger partial charge < -0.3 is 10.4 Å². The van der Waals surface area contributed by atoms with Crippen molar-refractivity contribution in [3.8, 4) is 5.75 Å². The molecule has 0 saturated carbocycles. The van der Waals surface area contributed by atoms with E-state index in [-0.39, 0.29) is 11.8 Å². The highest BCUT2D eigenvalue weighted by Gasteiger charge is 2.20. The number of fused-ring (bicyclic) bond motifs is 1. The number of pyridine rings is 3. The van der Waals surface area contributed by atoms with E-state index in [2.05, 4.69) is 20.3 Å². The summed E-state index contributed by atoms with van der Waals surface area (Å²) in [7, 11) is 0. The SMILES string of the molecule is Cc1ccnc(N[C@@H](c2ccncc2)c2ccc3cccnc3c2O)c1. The first-order chi connectivity index (χ1) is 12.7. The molecule has 0 spiro atoms. The summed E-state index contributed by atoms with van der Waals surface area (Å²) in [4.78, 5) is 12.8. The molecule has 0 radical (unpaired) electrons. The van der Waals surface area contributed by atoms with E-state index in [1.54, 1.807) is 24.8 Å². The summed E-state index contributed by atoms with van der Waals surface area (Å²) in [5, 5.41) is 15.2. The number of rotatable bonds is 4. The lowest BCUT2D eigenvalue weighted by Gasteiger charge is -2.22. The number of benzene rings is 1. The molecule has 2 N–H and O–H groups in total. The van der Waals surface area contributed by atoms with Gasteiger partial charge in [-0.05, 0) is 48.4 Å². The molecule has 0 saturated heterocycles. The van der Waals surface area contributed by atoms with Gasteiger partial charge in [-0.1, -0.05) is 18.2 Å². The Kier molecular flexibility index (Phi) is 4.19. The second-order valence-corrected chi connectivity index (χ2v) is 6.15. The maximum atomic E-state index is 10.9. The molecule has 3 heterocycles. The minimum absolute atomic E-state index is 0.171. The van der Waals surface area contributed by atoms with E-state index in [1.807, 2.05) is 55.5 Å². The second-order valence-electron chi connectivity index (χ2n) is 6.15. The molecule has 5 nitrogen and oxygen atoms in total. The third kappa shape index (κ3) is 3.07. The van der Waals surface area contributed by atoms with Crippen LogP contribution in [0.25, 0.3) is 10.9 Å². The minimum Gasteiger partial charge on any atom is -0.505 e. The van der Waals surface area contributed by atoms with Crippen molar-refractivity contribution in [3.63, 3.8) is 0 Å². The van der Waals surface area contributed by atoms with Crippen LogP contribution in [0.3, 0.4) is 0 Å². The molecule has 0 amide bonds. The number of hydrogen-bond donors (Lipinski definition) is 2. The predicted octanol–water partition coefficient (Wildman–Crippen LogP) is 4.24. The van der Waals surface area contributed by atoms with Crippen LogP contribution in [0.2, 0.25) is 0 Å². The second kappa shape index (κ2) is 6.80. The van der Waals surface area contributed by atoms with Crippen molar-refractivity contribution >= 4 is 16.7 Å². The fraction of sp³-hybridized carbons (Fsp3) is 0.0952. The Morgan fingerprint density at radius 2 is 1.77 bits per heavy atom. The Morgan fingerprint density at radius 3 is 2.58 bits per heavy atom. The van der Waals surface area contributed by atoms with Crippen LogP contribution >= 0.6 is 0 Å². The van der Waals surface area contributed by atoms with Crippen molar-refractivity contribution in [2.45, 2.75) is 13.0 Å². The van der Waals surface area contributed by atoms with Crippen LogP contribution < -0.4 is 5.32 Å². The van der Waals surface area contributed by atoms with Gasteiger partial charge in [0.15, 0.2) is 0 Å². The first-order valence-corrected chi connectivity index (χ1v) is 8.38. The molecular formula is C21H18N4O. The average Bonchev–Trinajstić information content (AvgIpc) is 2.68. The number of phenolic OH excluding ortho intramolecular Hbond substituents is 1. The normalized spacial score (nSPS) is 12.0. The molecule has 0 bridgehead atoms. The van der Waals surface area contributed by atoms with Gasteiger partial charge in [0.25, 0.3) is 0 Å². The molecule has 0 aliphatic heterocycles. The quantitative estimate of drug-likeness (QED) is 0.580. The Labute approximate surface area is 151 Å². The Bertz CT molecular complexity index is 1050. The molecule has 0 unspecified atom stereocenters. The van der Waals surface area contributed by atoms with Crippen LogP contribution in [0.4, 0.5) is 5.82 Å². The van der Waals surface area contributed by atoms with E-state index in [4.69, 9.17) is 0 Å². The van der Waals surface area contributed by atoms with Gasteiger partial charge in [0, 0.05) is 35.7 Å². The number of nitrogens with one attached hydrogen (secondary N) is 1. The van der Waals surface area contributed by atoms with Gasteiger partial charge in [-0.15, -0.1) is 0 Å². The number of nitrogens with zero attached hydrogens (tertiary/aromatic N) is 3. The van der Waals surface area contributed by atoms with Crippen molar-refractivity contribution in [3.05, 3.63) is 90.0 Å². The molecule has 4 rings (SSSR count). The molecule has 26 heavy (non-hydrogen) atoms. The maximum absolute atomic E-state index is 10.9. The van der Waals surface area contributed by atoms with E-state index in [9.17, 15) is 5.11 Å². The molecule has 1 atom stereocenters. The smallest absolute Gasteiger partial charge is 0.147 e. The molecule has 3 aromatic heterocycles. The van der Waals surface area contributed by atoms with E-state index in [1.165, 1.54) is 0 Å². The van der Waals surface area contributed by atoms with Gasteiger partial charge in [0.2, 0.25) is 0 Å². The zero-order chi connectivity index (χ0) is 17.9. The molecule has 128 valence electrons. The summed E-state index contributed by atoms with van der Waals surface area (Å²) >= 11 is 0. The van der Waals surface area contributed by atoms with E-state index in [0.29, 0.717) is 5.52 Å². The van der Waals surface area contributed by atoms with E-state index < -0.39 is 0 Å². The monoisotopic (exact) mass is 342 g/mol. The number of phenols is 1. The molecule has 4 aromatic rings. The van der Waals surface area contributed by atoms with Gasteiger partial charge in [-0.25, -0.2) is 4.98 Å². The van der Waals surface area contributed by atoms with E-state index >= 15 is 0 Å². The molecule has 0 fully saturated rings. The highest BCUT2D eigenvalue weighted by Crippen LogP contribution is 2.35. The average molecular weight is 342 g/mol. The number of hydrogen-bond acceptors (Lipinski definition) is 5. The van der Waals surface area contributed by atoms with Crippen LogP contribution in [0.5, 0.6) is 5.75 Å². The van der Waals surface area contributed by atoms with Crippen molar-refractivity contribution in [1.82, 2.24) is 15.0 Å². The third-order valence-electron chi connectivity index (χ3n) is 4.34. The van der Waals surface area contributed by atoms with Crippen molar-refractivity contribution in [2.24, 2.45) is 0 Å². The summed E-state index contributed by atoms with van der Waals surface area (Å²) in [6.07, 6.45) is 6.93. The van der Waals surface area contributed by atoms with Crippen molar-refractivity contribution in [2.75, 3.05) is 5.32 Å². The van der Waals surface area contributed by atoms with Gasteiger partial charge in [-0.3, -0.25) is 9.97 Å². The molecule has 1 aromatic carbocycles. The Balaban J connectivity index is 1.84. The largest absolute Gasteiger partial charge is 0.505 e. The fourth-order valence-corrected chi connectivity index (χ4v) is 3.04. The molecule has 0 aliphatic carbocycles. The highest BCUT2D eigenvalue weighted by molar-refractivity contribution is 5.86. The lowest BCUT2D eigenvalue weighted by molar-refractivity contribution is 0.471. The third-order valence-corrected chi connectivity index (χ3v) is 4.34. The van der Waals surface area contributed by atoms with Crippen LogP contribution in [0.1, 0.15) is 22.7 Å². The Morgan fingerprint density at radius 1 is 0.923 bits per heavy atom. The standard InChI is InChI=1S/C21H18N4O/c1-14-6-12-23-18(13-14)25-19(16-7-10-22-11-8-16)17-5-4-15-3-2-9-24-20(15)21(17)26/h2-13,19,26H,1H3,(H,23,25)/t19-/m0/s1. The highest BCUT2D eigenvalue weighted by atomic mass is 16.3. The lowest BCUT2D eigenvalue weighted by atomic mass is 9.97. The molecule has 0 aliphatic rings. The number of anilines is 1. The van der Waals surface area contributed by atoms with Crippen LogP contribution in [-0.4, -0.2) is 20.1 Å². The minimum atomic E-state index is -0.279. The number of aromatic nitrogens is 3. The van der Waals surface area contributed by atoms with Crippen LogP contribution in [-0.2, 0) is 0 Å². The van der Waals surface area contributed by atoms with Gasteiger partial charge in [0.1, 0.15) is 17.1 Å². The number of aryl methyl sites for hydroxylation is 1. The molecule has 5 heteroatoms. The zero-order valence-corrected chi connectivity index (χ0v) is 14.3. The zero-order valence-electron chi connectivity index (χ0n) is 14.3. The van der Waals surface area contributed by atoms with Crippen molar-refractivity contribution < 1.29 is 5.11 Å². The molecular weight excluding hydrogens is 324 g/mol. The Hall–Kier alpha value is -3.47. The summed E-state index contributed by atoms with van der Waals surface area (Å²) < 4.78 is 0. The summed E-state index contributed by atoms with van der Waals surface area (Å²) in [6, 6.07) is 15.2. The van der Waals surface area contributed by atoms with Gasteiger partial charge in [-0.2, -0.15) is 0 Å². The van der Waals surface area contributed by atoms with E-state index in [0.717, 1.165) is 27.9 Å². The van der Waals surface area contributed by atoms with Gasteiger partial charge >= 0.3 is 0 Å². The summed E-state index contributed by atoms with van der Waals surface area (Å²) in [5.41, 5.74) is 3.42.